The molecule has 0 unspecified atom stereocenters. The first-order chi connectivity index (χ1) is 16.5. The van der Waals surface area contributed by atoms with Crippen LogP contribution in [0.15, 0.2) is 77.6 Å². The van der Waals surface area contributed by atoms with Crippen LogP contribution in [-0.2, 0) is 17.9 Å². The van der Waals surface area contributed by atoms with E-state index >= 15 is 0 Å². The molecule has 0 radical (unpaired) electrons. The lowest BCUT2D eigenvalue weighted by molar-refractivity contribution is -0.116. The Bertz CT molecular complexity index is 1380. The SMILES string of the molecule is COc1cccc(NC(=O)Cn2c(=O)c(CNc3ccc(C)cc3)cc3ccc(OC)cc32)c1. The van der Waals surface area contributed by atoms with Crippen LogP contribution in [0.3, 0.4) is 0 Å². The summed E-state index contributed by atoms with van der Waals surface area (Å²) >= 11 is 0. The van der Waals surface area contributed by atoms with Crippen LogP contribution in [0, 0.1) is 6.92 Å². The molecule has 7 heteroatoms. The van der Waals surface area contributed by atoms with Gasteiger partial charge in [-0.1, -0.05) is 23.8 Å². The Morgan fingerprint density at radius 1 is 0.882 bits per heavy atom. The van der Waals surface area contributed by atoms with E-state index in [-0.39, 0.29) is 18.0 Å². The molecule has 1 heterocycles. The van der Waals surface area contributed by atoms with Crippen LogP contribution in [0.25, 0.3) is 10.9 Å². The van der Waals surface area contributed by atoms with Crippen molar-refractivity contribution in [3.05, 3.63) is 94.3 Å². The molecular weight excluding hydrogens is 430 g/mol. The Labute approximate surface area is 197 Å². The van der Waals surface area contributed by atoms with Gasteiger partial charge in [-0.05, 0) is 54.8 Å². The number of carbonyl (C=O) groups excluding carboxylic acids is 1. The van der Waals surface area contributed by atoms with E-state index in [2.05, 4.69) is 10.6 Å². The van der Waals surface area contributed by atoms with Crippen molar-refractivity contribution in [2.24, 2.45) is 0 Å². The van der Waals surface area contributed by atoms with Gasteiger partial charge in [0, 0.05) is 35.6 Å². The highest BCUT2D eigenvalue weighted by atomic mass is 16.5. The number of rotatable bonds is 8. The van der Waals surface area contributed by atoms with Gasteiger partial charge >= 0.3 is 0 Å². The normalized spacial score (nSPS) is 10.7. The number of amides is 1. The maximum Gasteiger partial charge on any atom is 0.256 e. The molecule has 0 saturated carbocycles. The van der Waals surface area contributed by atoms with Gasteiger partial charge in [-0.25, -0.2) is 0 Å². The third-order valence-corrected chi connectivity index (χ3v) is 5.57. The van der Waals surface area contributed by atoms with Crippen molar-refractivity contribution in [2.75, 3.05) is 24.9 Å². The molecule has 4 aromatic rings. The Balaban J connectivity index is 1.66. The predicted molar refractivity (Wildman–Crippen MR) is 135 cm³/mol. The molecule has 3 aromatic carbocycles. The van der Waals surface area contributed by atoms with E-state index in [1.54, 1.807) is 44.6 Å². The molecule has 0 aliphatic heterocycles. The lowest BCUT2D eigenvalue weighted by Gasteiger charge is -2.15. The Morgan fingerprint density at radius 2 is 1.62 bits per heavy atom. The van der Waals surface area contributed by atoms with Crippen LogP contribution in [0.2, 0.25) is 0 Å². The molecule has 0 atom stereocenters. The molecule has 1 amide bonds. The summed E-state index contributed by atoms with van der Waals surface area (Å²) < 4.78 is 12.0. The zero-order valence-corrected chi connectivity index (χ0v) is 19.4. The summed E-state index contributed by atoms with van der Waals surface area (Å²) in [4.78, 5) is 26.3. The summed E-state index contributed by atoms with van der Waals surface area (Å²) in [5.74, 6) is 0.928. The fourth-order valence-corrected chi connectivity index (χ4v) is 3.74. The monoisotopic (exact) mass is 457 g/mol. The number of ether oxygens (including phenoxy) is 2. The molecule has 34 heavy (non-hydrogen) atoms. The summed E-state index contributed by atoms with van der Waals surface area (Å²) in [6, 6.07) is 22.4. The van der Waals surface area contributed by atoms with Gasteiger partial charge in [0.05, 0.1) is 19.7 Å². The first kappa shape index (κ1) is 22.9. The van der Waals surface area contributed by atoms with E-state index in [4.69, 9.17) is 9.47 Å². The zero-order chi connectivity index (χ0) is 24.1. The van der Waals surface area contributed by atoms with Gasteiger partial charge in [-0.3, -0.25) is 14.2 Å². The summed E-state index contributed by atoms with van der Waals surface area (Å²) in [5, 5.41) is 6.98. The molecule has 0 spiro atoms. The number of pyridine rings is 1. The Morgan fingerprint density at radius 3 is 2.35 bits per heavy atom. The van der Waals surface area contributed by atoms with Gasteiger partial charge < -0.3 is 20.1 Å². The summed E-state index contributed by atoms with van der Waals surface area (Å²) in [7, 11) is 3.13. The third-order valence-electron chi connectivity index (χ3n) is 5.57. The number of hydrogen-bond donors (Lipinski definition) is 2. The highest BCUT2D eigenvalue weighted by Crippen LogP contribution is 2.22. The Kier molecular flexibility index (Phi) is 6.82. The van der Waals surface area contributed by atoms with Crippen molar-refractivity contribution in [1.82, 2.24) is 4.57 Å². The first-order valence-corrected chi connectivity index (χ1v) is 10.9. The molecular formula is C27H27N3O4. The second-order valence-electron chi connectivity index (χ2n) is 7.99. The van der Waals surface area contributed by atoms with Gasteiger partial charge in [0.2, 0.25) is 5.91 Å². The van der Waals surface area contributed by atoms with E-state index < -0.39 is 0 Å². The largest absolute Gasteiger partial charge is 0.497 e. The number of benzene rings is 3. The number of nitrogens with zero attached hydrogens (tertiary/aromatic N) is 1. The van der Waals surface area contributed by atoms with Crippen molar-refractivity contribution < 1.29 is 14.3 Å². The van der Waals surface area contributed by atoms with Gasteiger partial charge in [-0.2, -0.15) is 0 Å². The lowest BCUT2D eigenvalue weighted by atomic mass is 10.1. The van der Waals surface area contributed by atoms with E-state index in [0.717, 1.165) is 16.6 Å². The molecule has 0 bridgehead atoms. The minimum atomic E-state index is -0.317. The van der Waals surface area contributed by atoms with E-state index in [1.807, 2.05) is 49.4 Å². The third kappa shape index (κ3) is 5.20. The topological polar surface area (TPSA) is 81.6 Å². The number of fused-ring (bicyclic) bond motifs is 1. The van der Waals surface area contributed by atoms with Crippen molar-refractivity contribution in [3.8, 4) is 11.5 Å². The summed E-state index contributed by atoms with van der Waals surface area (Å²) in [6.07, 6.45) is 0. The van der Waals surface area contributed by atoms with Gasteiger partial charge in [-0.15, -0.1) is 0 Å². The number of aryl methyl sites for hydroxylation is 1. The number of hydrogen-bond acceptors (Lipinski definition) is 5. The minimum absolute atomic E-state index is 0.141. The standard InChI is InChI=1S/C27H27N3O4/c1-18-7-10-21(11-8-18)28-16-20-13-19-9-12-24(34-3)15-25(19)30(27(20)32)17-26(31)29-22-5-4-6-23(14-22)33-2/h4-15,28H,16-17H2,1-3H3,(H,29,31). The fourth-order valence-electron chi connectivity index (χ4n) is 3.74. The lowest BCUT2D eigenvalue weighted by Crippen LogP contribution is -2.30. The van der Waals surface area contributed by atoms with Crippen LogP contribution in [0.5, 0.6) is 11.5 Å². The first-order valence-electron chi connectivity index (χ1n) is 10.9. The molecule has 0 aliphatic carbocycles. The molecule has 0 fully saturated rings. The van der Waals surface area contributed by atoms with Gasteiger partial charge in [0.1, 0.15) is 18.0 Å². The second-order valence-corrected chi connectivity index (χ2v) is 7.99. The highest BCUT2D eigenvalue weighted by molar-refractivity contribution is 5.92. The second kappa shape index (κ2) is 10.1. The van der Waals surface area contributed by atoms with Crippen molar-refractivity contribution in [3.63, 3.8) is 0 Å². The van der Waals surface area contributed by atoms with Crippen molar-refractivity contribution in [1.29, 1.82) is 0 Å². The van der Waals surface area contributed by atoms with Crippen LogP contribution < -0.4 is 25.7 Å². The predicted octanol–water partition coefficient (Wildman–Crippen LogP) is 4.58. The molecule has 0 aliphatic rings. The average Bonchev–Trinajstić information content (AvgIpc) is 2.85. The van der Waals surface area contributed by atoms with E-state index in [9.17, 15) is 9.59 Å². The number of nitrogens with one attached hydrogen (secondary N) is 2. The fraction of sp³-hybridized carbons (Fsp3) is 0.185. The minimum Gasteiger partial charge on any atom is -0.497 e. The number of anilines is 2. The van der Waals surface area contributed by atoms with Gasteiger partial charge in [0.25, 0.3) is 5.56 Å². The average molecular weight is 458 g/mol. The number of carbonyl (C=O) groups is 1. The van der Waals surface area contributed by atoms with Crippen LogP contribution in [0.1, 0.15) is 11.1 Å². The van der Waals surface area contributed by atoms with Crippen LogP contribution >= 0.6 is 0 Å². The highest BCUT2D eigenvalue weighted by Gasteiger charge is 2.14. The zero-order valence-electron chi connectivity index (χ0n) is 19.4. The smallest absolute Gasteiger partial charge is 0.256 e. The quantitative estimate of drug-likeness (QED) is 0.405. The molecule has 4 rings (SSSR count). The molecule has 1 aromatic heterocycles. The van der Waals surface area contributed by atoms with Crippen LogP contribution in [0.4, 0.5) is 11.4 Å². The maximum atomic E-state index is 13.4. The number of aromatic nitrogens is 1. The Hall–Kier alpha value is -4.26. The van der Waals surface area contributed by atoms with E-state index in [0.29, 0.717) is 34.8 Å². The molecule has 7 nitrogen and oxygen atoms in total. The van der Waals surface area contributed by atoms with Crippen LogP contribution in [-0.4, -0.2) is 24.7 Å². The van der Waals surface area contributed by atoms with Gasteiger partial charge in [0.15, 0.2) is 0 Å². The summed E-state index contributed by atoms with van der Waals surface area (Å²) in [5.41, 5.74) is 3.63. The maximum absolute atomic E-state index is 13.4. The molecule has 0 saturated heterocycles. The molecule has 174 valence electrons. The van der Waals surface area contributed by atoms with Crippen molar-refractivity contribution >= 4 is 28.2 Å². The van der Waals surface area contributed by atoms with E-state index in [1.165, 1.54) is 4.57 Å². The number of methoxy groups -OCH3 is 2. The summed E-state index contributed by atoms with van der Waals surface area (Å²) in [6.45, 7) is 2.22. The molecule has 2 N–H and O–H groups in total. The van der Waals surface area contributed by atoms with Crippen molar-refractivity contribution in [2.45, 2.75) is 20.0 Å².